The van der Waals surface area contributed by atoms with Crippen LogP contribution in [0.3, 0.4) is 0 Å². The highest BCUT2D eigenvalue weighted by atomic mass is 32.2. The number of halogens is 1. The third kappa shape index (κ3) is 2.96. The summed E-state index contributed by atoms with van der Waals surface area (Å²) in [6, 6.07) is 0.845. The van der Waals surface area contributed by atoms with Crippen molar-refractivity contribution in [3.05, 3.63) is 24.3 Å². The predicted octanol–water partition coefficient (Wildman–Crippen LogP) is 1.14. The van der Waals surface area contributed by atoms with Gasteiger partial charge in [-0.2, -0.15) is 0 Å². The maximum absolute atomic E-state index is 13.0. The van der Waals surface area contributed by atoms with E-state index in [1.54, 1.807) is 0 Å². The van der Waals surface area contributed by atoms with Gasteiger partial charge in [0.2, 0.25) is 10.0 Å². The van der Waals surface area contributed by atoms with Gasteiger partial charge in [0, 0.05) is 12.7 Å². The highest BCUT2D eigenvalue weighted by Crippen LogP contribution is 2.38. The normalized spacial score (nSPS) is 18.1. The molecule has 0 unspecified atom stereocenters. The Hall–Kier alpha value is -1.54. The smallest absolute Gasteiger partial charge is 0.310 e. The Bertz CT molecular complexity index is 612. The second-order valence-electron chi connectivity index (χ2n) is 4.96. The van der Waals surface area contributed by atoms with Gasteiger partial charge in [-0.05, 0) is 18.9 Å². The van der Waals surface area contributed by atoms with Crippen LogP contribution in [-0.4, -0.2) is 31.0 Å². The van der Waals surface area contributed by atoms with E-state index >= 15 is 0 Å². The lowest BCUT2D eigenvalue weighted by Gasteiger charge is -2.23. The number of rotatable bonds is 5. The molecular weight excluding hydrogens is 287 g/mol. The fourth-order valence-corrected chi connectivity index (χ4v) is 3.47. The number of aromatic nitrogens is 1. The Balaban J connectivity index is 2.15. The first kappa shape index (κ1) is 14.9. The number of hydrogen-bond acceptors (Lipinski definition) is 4. The number of sulfonamides is 1. The van der Waals surface area contributed by atoms with Crippen LogP contribution in [0.25, 0.3) is 0 Å². The third-order valence-corrected chi connectivity index (χ3v) is 4.97. The first-order valence-corrected chi connectivity index (χ1v) is 7.68. The van der Waals surface area contributed by atoms with E-state index in [4.69, 9.17) is 0 Å². The lowest BCUT2D eigenvalue weighted by molar-refractivity contribution is -0.148. The Morgan fingerprint density at radius 3 is 2.60 bits per heavy atom. The molecule has 0 amide bonds. The summed E-state index contributed by atoms with van der Waals surface area (Å²) >= 11 is 0. The van der Waals surface area contributed by atoms with Crippen molar-refractivity contribution in [1.82, 2.24) is 9.71 Å². The predicted molar refractivity (Wildman–Crippen MR) is 67.9 cm³/mol. The van der Waals surface area contributed by atoms with Gasteiger partial charge < -0.3 is 5.11 Å². The molecule has 20 heavy (non-hydrogen) atoms. The van der Waals surface area contributed by atoms with Gasteiger partial charge in [0.05, 0.1) is 11.6 Å². The summed E-state index contributed by atoms with van der Waals surface area (Å²) in [6.07, 6.45) is 4.31. The Labute approximate surface area is 116 Å². The highest BCUT2D eigenvalue weighted by molar-refractivity contribution is 7.89. The van der Waals surface area contributed by atoms with Gasteiger partial charge in [-0.25, -0.2) is 17.5 Å². The molecule has 0 aromatic carbocycles. The van der Waals surface area contributed by atoms with Crippen LogP contribution in [0.5, 0.6) is 0 Å². The summed E-state index contributed by atoms with van der Waals surface area (Å²) in [5, 5.41) is 9.27. The zero-order valence-electron chi connectivity index (χ0n) is 10.7. The zero-order valence-corrected chi connectivity index (χ0v) is 11.5. The molecule has 1 aromatic heterocycles. The minimum absolute atomic E-state index is 0.193. The van der Waals surface area contributed by atoms with Crippen molar-refractivity contribution >= 4 is 16.0 Å². The van der Waals surface area contributed by atoms with E-state index in [2.05, 4.69) is 9.71 Å². The lowest BCUT2D eigenvalue weighted by Crippen LogP contribution is -2.41. The molecule has 0 spiro atoms. The highest BCUT2D eigenvalue weighted by Gasteiger charge is 2.42. The summed E-state index contributed by atoms with van der Waals surface area (Å²) < 4.78 is 39.2. The summed E-state index contributed by atoms with van der Waals surface area (Å²) in [6.45, 7) is -0.193. The van der Waals surface area contributed by atoms with Crippen LogP contribution in [-0.2, 0) is 14.8 Å². The summed E-state index contributed by atoms with van der Waals surface area (Å²) in [5.74, 6) is -1.77. The molecule has 110 valence electrons. The van der Waals surface area contributed by atoms with Crippen LogP contribution < -0.4 is 4.72 Å². The second kappa shape index (κ2) is 5.45. The van der Waals surface area contributed by atoms with Gasteiger partial charge in [0.15, 0.2) is 0 Å². The van der Waals surface area contributed by atoms with Gasteiger partial charge in [0.1, 0.15) is 10.7 Å². The molecule has 8 heteroatoms. The maximum Gasteiger partial charge on any atom is 0.310 e. The minimum Gasteiger partial charge on any atom is -0.481 e. The van der Waals surface area contributed by atoms with Crippen molar-refractivity contribution in [2.45, 2.75) is 30.6 Å². The maximum atomic E-state index is 13.0. The number of carboxylic acids is 1. The van der Waals surface area contributed by atoms with Crippen molar-refractivity contribution in [3.8, 4) is 0 Å². The van der Waals surface area contributed by atoms with E-state index in [0.717, 1.165) is 31.3 Å². The molecule has 2 N–H and O–H groups in total. The lowest BCUT2D eigenvalue weighted by atomic mass is 9.87. The van der Waals surface area contributed by atoms with Gasteiger partial charge in [-0.15, -0.1) is 0 Å². The summed E-state index contributed by atoms with van der Waals surface area (Å²) in [4.78, 5) is 14.5. The monoisotopic (exact) mass is 302 g/mol. The molecule has 0 saturated heterocycles. The van der Waals surface area contributed by atoms with Crippen LogP contribution in [0.15, 0.2) is 23.4 Å². The van der Waals surface area contributed by atoms with E-state index in [1.807, 2.05) is 0 Å². The number of pyridine rings is 1. The average Bonchev–Trinajstić information content (AvgIpc) is 2.87. The summed E-state index contributed by atoms with van der Waals surface area (Å²) in [5.41, 5.74) is -1.06. The van der Waals surface area contributed by atoms with Crippen molar-refractivity contribution < 1.29 is 22.7 Å². The average molecular weight is 302 g/mol. The van der Waals surface area contributed by atoms with Crippen LogP contribution in [0.2, 0.25) is 0 Å². The van der Waals surface area contributed by atoms with Crippen molar-refractivity contribution in [3.63, 3.8) is 0 Å². The second-order valence-corrected chi connectivity index (χ2v) is 6.72. The van der Waals surface area contributed by atoms with E-state index in [0.29, 0.717) is 12.8 Å². The van der Waals surface area contributed by atoms with Crippen molar-refractivity contribution in [2.75, 3.05) is 6.54 Å². The standard InChI is InChI=1S/C12H15FN2O4S/c13-9-5-10(7-14-6-9)20(18,19)15-8-12(11(16)17)3-1-2-4-12/h5-7,15H,1-4,8H2,(H,16,17). The molecule has 0 atom stereocenters. The molecule has 1 aromatic rings. The van der Waals surface area contributed by atoms with E-state index in [-0.39, 0.29) is 11.4 Å². The molecule has 1 fully saturated rings. The molecule has 6 nitrogen and oxygen atoms in total. The number of hydrogen-bond donors (Lipinski definition) is 2. The molecule has 0 aliphatic heterocycles. The number of carboxylic acid groups (broad SMARTS) is 1. The largest absolute Gasteiger partial charge is 0.481 e. The quantitative estimate of drug-likeness (QED) is 0.850. The molecule has 0 bridgehead atoms. The van der Waals surface area contributed by atoms with E-state index in [9.17, 15) is 22.7 Å². The fourth-order valence-electron chi connectivity index (χ4n) is 2.37. The Morgan fingerprint density at radius 1 is 1.40 bits per heavy atom. The van der Waals surface area contributed by atoms with Gasteiger partial charge in [-0.3, -0.25) is 9.78 Å². The molecule has 1 heterocycles. The number of nitrogens with zero attached hydrogens (tertiary/aromatic N) is 1. The van der Waals surface area contributed by atoms with Crippen molar-refractivity contribution in [1.29, 1.82) is 0 Å². The molecule has 2 rings (SSSR count). The van der Waals surface area contributed by atoms with Gasteiger partial charge in [-0.1, -0.05) is 12.8 Å². The molecule has 1 saturated carbocycles. The number of carbonyl (C=O) groups is 1. The Morgan fingerprint density at radius 2 is 2.05 bits per heavy atom. The zero-order chi connectivity index (χ0) is 14.8. The third-order valence-electron chi connectivity index (χ3n) is 3.61. The first-order valence-electron chi connectivity index (χ1n) is 6.19. The topological polar surface area (TPSA) is 96.4 Å². The van der Waals surface area contributed by atoms with E-state index in [1.165, 1.54) is 0 Å². The Kier molecular flexibility index (Phi) is 4.05. The number of nitrogens with one attached hydrogen (secondary N) is 1. The molecular formula is C12H15FN2O4S. The van der Waals surface area contributed by atoms with Gasteiger partial charge in [0.25, 0.3) is 0 Å². The van der Waals surface area contributed by atoms with Crippen LogP contribution in [0, 0.1) is 11.2 Å². The van der Waals surface area contributed by atoms with E-state index < -0.39 is 27.2 Å². The van der Waals surface area contributed by atoms with Crippen molar-refractivity contribution in [2.24, 2.45) is 5.41 Å². The molecule has 1 aliphatic carbocycles. The number of aliphatic carboxylic acids is 1. The molecule has 1 aliphatic rings. The first-order chi connectivity index (χ1) is 9.36. The van der Waals surface area contributed by atoms with Crippen LogP contribution in [0.4, 0.5) is 4.39 Å². The molecule has 0 radical (unpaired) electrons. The van der Waals surface area contributed by atoms with Gasteiger partial charge >= 0.3 is 5.97 Å². The summed E-state index contributed by atoms with van der Waals surface area (Å²) in [7, 11) is -3.96. The van der Waals surface area contributed by atoms with Crippen LogP contribution in [0.1, 0.15) is 25.7 Å². The van der Waals surface area contributed by atoms with Crippen LogP contribution >= 0.6 is 0 Å². The fraction of sp³-hybridized carbons (Fsp3) is 0.500. The minimum atomic E-state index is -3.96. The SMILES string of the molecule is O=C(O)C1(CNS(=O)(=O)c2cncc(F)c2)CCCC1.